The highest BCUT2D eigenvalue weighted by Gasteiger charge is 2.05. The zero-order valence-electron chi connectivity index (χ0n) is 8.89. The van der Waals surface area contributed by atoms with Gasteiger partial charge in [-0.15, -0.1) is 0 Å². The van der Waals surface area contributed by atoms with Crippen LogP contribution in [-0.4, -0.2) is 16.5 Å². The molecule has 0 spiro atoms. The predicted molar refractivity (Wildman–Crippen MR) is 59.9 cm³/mol. The first-order chi connectivity index (χ1) is 6.65. The summed E-state index contributed by atoms with van der Waals surface area (Å²) in [5, 5.41) is 3.80. The number of hydrogen-bond acceptors (Lipinski definition) is 3. The first-order valence-corrected chi connectivity index (χ1v) is 5.27. The minimum Gasteiger partial charge on any atom is -0.370 e. The van der Waals surface area contributed by atoms with Crippen molar-refractivity contribution in [3.05, 3.63) is 16.5 Å². The number of nitrogens with zero attached hydrogens (tertiary/aromatic N) is 2. The minimum atomic E-state index is 0.538. The lowest BCUT2D eigenvalue weighted by atomic mass is 10.3. The third-order valence-corrected chi connectivity index (χ3v) is 2.39. The lowest BCUT2D eigenvalue weighted by Crippen LogP contribution is -2.06. The van der Waals surface area contributed by atoms with Crippen molar-refractivity contribution in [2.75, 3.05) is 11.9 Å². The van der Waals surface area contributed by atoms with E-state index >= 15 is 0 Å². The quantitative estimate of drug-likeness (QED) is 0.617. The van der Waals surface area contributed by atoms with Gasteiger partial charge >= 0.3 is 0 Å². The molecule has 0 aromatic carbocycles. The summed E-state index contributed by atoms with van der Waals surface area (Å²) in [7, 11) is 0. The number of anilines is 1. The molecule has 1 heterocycles. The fraction of sp³-hybridized carbons (Fsp3) is 0.600. The fourth-order valence-electron chi connectivity index (χ4n) is 1.15. The summed E-state index contributed by atoms with van der Waals surface area (Å²) in [5.74, 6) is 1.57. The third-order valence-electron chi connectivity index (χ3n) is 2.02. The van der Waals surface area contributed by atoms with E-state index in [1.807, 2.05) is 13.8 Å². The summed E-state index contributed by atoms with van der Waals surface area (Å²) in [6, 6.07) is 0. The first-order valence-electron chi connectivity index (χ1n) is 4.89. The lowest BCUT2D eigenvalue weighted by molar-refractivity contribution is 0.827. The van der Waals surface area contributed by atoms with Crippen LogP contribution < -0.4 is 5.32 Å². The Labute approximate surface area is 89.9 Å². The van der Waals surface area contributed by atoms with Crippen molar-refractivity contribution in [1.82, 2.24) is 9.97 Å². The first kappa shape index (κ1) is 11.2. The predicted octanol–water partition coefficient (Wildman–Crippen LogP) is 2.96. The van der Waals surface area contributed by atoms with Gasteiger partial charge in [-0.25, -0.2) is 9.97 Å². The number of aryl methyl sites for hydroxylation is 1. The summed E-state index contributed by atoms with van der Waals surface area (Å²) < 4.78 is 0. The molecule has 0 unspecified atom stereocenters. The van der Waals surface area contributed by atoms with Gasteiger partial charge in [-0.3, -0.25) is 0 Å². The van der Waals surface area contributed by atoms with Gasteiger partial charge in [0.05, 0.1) is 0 Å². The molecular weight excluding hydrogens is 198 g/mol. The van der Waals surface area contributed by atoms with E-state index in [0.717, 1.165) is 24.3 Å². The Hall–Kier alpha value is -0.830. The van der Waals surface area contributed by atoms with Crippen LogP contribution in [0, 0.1) is 13.8 Å². The molecule has 0 atom stereocenters. The van der Waals surface area contributed by atoms with E-state index in [1.165, 1.54) is 6.42 Å². The number of halogens is 1. The van der Waals surface area contributed by atoms with Gasteiger partial charge in [-0.1, -0.05) is 24.9 Å². The largest absolute Gasteiger partial charge is 0.370 e. The maximum Gasteiger partial charge on any atom is 0.137 e. The fourth-order valence-corrected chi connectivity index (χ4v) is 1.36. The van der Waals surface area contributed by atoms with Gasteiger partial charge < -0.3 is 5.32 Å². The molecule has 0 aliphatic heterocycles. The van der Waals surface area contributed by atoms with Gasteiger partial charge in [0.1, 0.15) is 16.8 Å². The summed E-state index contributed by atoms with van der Waals surface area (Å²) in [5.41, 5.74) is 0.924. The molecule has 1 aromatic rings. The summed E-state index contributed by atoms with van der Waals surface area (Å²) in [4.78, 5) is 8.38. The lowest BCUT2D eigenvalue weighted by Gasteiger charge is -2.09. The highest BCUT2D eigenvalue weighted by atomic mass is 35.5. The van der Waals surface area contributed by atoms with Gasteiger partial charge in [0.25, 0.3) is 0 Å². The van der Waals surface area contributed by atoms with Crippen LogP contribution in [0.4, 0.5) is 5.82 Å². The van der Waals surface area contributed by atoms with E-state index in [2.05, 4.69) is 22.2 Å². The zero-order chi connectivity index (χ0) is 10.6. The molecule has 0 aliphatic carbocycles. The number of hydrogen-bond donors (Lipinski definition) is 1. The van der Waals surface area contributed by atoms with E-state index in [0.29, 0.717) is 11.0 Å². The van der Waals surface area contributed by atoms with Crippen molar-refractivity contribution in [2.24, 2.45) is 0 Å². The van der Waals surface area contributed by atoms with Crippen LogP contribution in [0.15, 0.2) is 0 Å². The molecule has 0 saturated heterocycles. The number of nitrogens with one attached hydrogen (secondary N) is 1. The molecule has 0 amide bonds. The molecule has 78 valence electrons. The third kappa shape index (κ3) is 2.84. The van der Waals surface area contributed by atoms with Gasteiger partial charge in [-0.05, 0) is 20.3 Å². The monoisotopic (exact) mass is 213 g/mol. The Balaban J connectivity index is 2.75. The summed E-state index contributed by atoms with van der Waals surface area (Å²) in [6.07, 6.45) is 2.31. The molecule has 0 fully saturated rings. The average Bonchev–Trinajstić information content (AvgIpc) is 2.13. The second kappa shape index (κ2) is 5.15. The van der Waals surface area contributed by atoms with Gasteiger partial charge in [0, 0.05) is 12.1 Å². The highest BCUT2D eigenvalue weighted by molar-refractivity contribution is 6.30. The highest BCUT2D eigenvalue weighted by Crippen LogP contribution is 2.19. The Kier molecular flexibility index (Phi) is 4.14. The molecule has 0 bridgehead atoms. The Morgan fingerprint density at radius 3 is 2.64 bits per heavy atom. The van der Waals surface area contributed by atoms with Crippen molar-refractivity contribution >= 4 is 17.4 Å². The van der Waals surface area contributed by atoms with Crippen LogP contribution >= 0.6 is 11.6 Å². The van der Waals surface area contributed by atoms with Crippen molar-refractivity contribution in [1.29, 1.82) is 0 Å². The van der Waals surface area contributed by atoms with Crippen LogP contribution in [0.2, 0.25) is 5.15 Å². The van der Waals surface area contributed by atoms with Crippen LogP contribution in [-0.2, 0) is 0 Å². The molecule has 0 saturated carbocycles. The van der Waals surface area contributed by atoms with Crippen LogP contribution in [0.5, 0.6) is 0 Å². The maximum absolute atomic E-state index is 5.94. The summed E-state index contributed by atoms with van der Waals surface area (Å²) >= 11 is 5.94. The molecular formula is C10H16ClN3. The molecule has 1 aromatic heterocycles. The molecule has 3 nitrogen and oxygen atoms in total. The Morgan fingerprint density at radius 1 is 1.29 bits per heavy atom. The standard InChI is InChI=1S/C10H16ClN3/c1-4-5-6-12-10-7(2)9(11)13-8(3)14-10/h4-6H2,1-3H3,(H,12,13,14). The normalized spacial score (nSPS) is 10.3. The zero-order valence-corrected chi connectivity index (χ0v) is 9.65. The van der Waals surface area contributed by atoms with Crippen molar-refractivity contribution in [2.45, 2.75) is 33.6 Å². The van der Waals surface area contributed by atoms with Gasteiger partial charge in [0.2, 0.25) is 0 Å². The summed E-state index contributed by atoms with van der Waals surface area (Å²) in [6.45, 7) is 6.86. The number of unbranched alkanes of at least 4 members (excludes halogenated alkanes) is 1. The van der Waals surface area contributed by atoms with Gasteiger partial charge in [0.15, 0.2) is 0 Å². The topological polar surface area (TPSA) is 37.8 Å². The maximum atomic E-state index is 5.94. The molecule has 14 heavy (non-hydrogen) atoms. The molecule has 1 N–H and O–H groups in total. The number of aromatic nitrogens is 2. The smallest absolute Gasteiger partial charge is 0.137 e. The van der Waals surface area contributed by atoms with E-state index in [4.69, 9.17) is 11.6 Å². The second-order valence-corrected chi connectivity index (χ2v) is 3.67. The second-order valence-electron chi connectivity index (χ2n) is 3.32. The SMILES string of the molecule is CCCCNc1nc(C)nc(Cl)c1C. The van der Waals surface area contributed by atoms with Gasteiger partial charge in [-0.2, -0.15) is 0 Å². The van der Waals surface area contributed by atoms with E-state index < -0.39 is 0 Å². The Bertz CT molecular complexity index is 312. The van der Waals surface area contributed by atoms with Crippen LogP contribution in [0.3, 0.4) is 0 Å². The molecule has 4 heteroatoms. The number of rotatable bonds is 4. The molecule has 0 aliphatic rings. The van der Waals surface area contributed by atoms with Crippen molar-refractivity contribution < 1.29 is 0 Å². The Morgan fingerprint density at radius 2 is 2.00 bits per heavy atom. The van der Waals surface area contributed by atoms with E-state index in [-0.39, 0.29) is 0 Å². The van der Waals surface area contributed by atoms with Crippen LogP contribution in [0.1, 0.15) is 31.2 Å². The minimum absolute atomic E-state index is 0.538. The van der Waals surface area contributed by atoms with Crippen molar-refractivity contribution in [3.8, 4) is 0 Å². The van der Waals surface area contributed by atoms with E-state index in [1.54, 1.807) is 0 Å². The molecule has 0 radical (unpaired) electrons. The van der Waals surface area contributed by atoms with Crippen LogP contribution in [0.25, 0.3) is 0 Å². The van der Waals surface area contributed by atoms with Crippen molar-refractivity contribution in [3.63, 3.8) is 0 Å². The average molecular weight is 214 g/mol. The molecule has 1 rings (SSSR count). The van der Waals surface area contributed by atoms with E-state index in [9.17, 15) is 0 Å².